The average molecular weight is 625 g/mol. The molecule has 7 heteroatoms. The fourth-order valence-electron chi connectivity index (χ4n) is 6.85. The van der Waals surface area contributed by atoms with Crippen molar-refractivity contribution in [2.24, 2.45) is 5.92 Å². The Labute approximate surface area is 270 Å². The van der Waals surface area contributed by atoms with Gasteiger partial charge in [0.1, 0.15) is 23.2 Å². The molecular weight excluding hydrogens is 580 g/mol. The summed E-state index contributed by atoms with van der Waals surface area (Å²) in [6.45, 7) is 6.58. The summed E-state index contributed by atoms with van der Waals surface area (Å²) in [5, 5.41) is 14.7. The molecule has 6 nitrogen and oxygen atoms in total. The lowest BCUT2D eigenvalue weighted by Gasteiger charge is -2.19. The number of nitrogens with zero attached hydrogens (tertiary/aromatic N) is 1. The van der Waals surface area contributed by atoms with Gasteiger partial charge in [-0.2, -0.15) is 0 Å². The molecule has 2 N–H and O–H groups in total. The van der Waals surface area contributed by atoms with Gasteiger partial charge in [-0.15, -0.1) is 11.3 Å². The van der Waals surface area contributed by atoms with Crippen molar-refractivity contribution in [3.05, 3.63) is 87.4 Å². The molecule has 0 aliphatic heterocycles. The van der Waals surface area contributed by atoms with Gasteiger partial charge in [0, 0.05) is 27.3 Å². The maximum Gasteiger partial charge on any atom is 0.326 e. The molecule has 236 valence electrons. The van der Waals surface area contributed by atoms with Crippen LogP contribution in [0.3, 0.4) is 0 Å². The first-order chi connectivity index (χ1) is 21.6. The molecule has 1 amide bonds. The lowest BCUT2D eigenvalue weighted by molar-refractivity contribution is -0.139. The second-order valence-electron chi connectivity index (χ2n) is 13.9. The van der Waals surface area contributed by atoms with Crippen LogP contribution in [0.5, 0.6) is 11.5 Å². The molecular formula is C38H44N2O4S. The van der Waals surface area contributed by atoms with Gasteiger partial charge in [0.2, 0.25) is 0 Å². The van der Waals surface area contributed by atoms with E-state index in [4.69, 9.17) is 9.72 Å². The van der Waals surface area contributed by atoms with E-state index >= 15 is 0 Å². The highest BCUT2D eigenvalue weighted by Crippen LogP contribution is 2.38. The average Bonchev–Trinajstić information content (AvgIpc) is 3.80. The van der Waals surface area contributed by atoms with Crippen LogP contribution >= 0.6 is 11.3 Å². The first kappa shape index (κ1) is 31.3. The largest absolute Gasteiger partial charge is 0.480 e. The quantitative estimate of drug-likeness (QED) is 0.184. The predicted octanol–water partition coefficient (Wildman–Crippen LogP) is 9.20. The number of carbonyl (C=O) groups excluding carboxylic acids is 1. The number of aliphatic carboxylic acids is 1. The van der Waals surface area contributed by atoms with E-state index in [-0.39, 0.29) is 17.5 Å². The van der Waals surface area contributed by atoms with Crippen molar-refractivity contribution in [3.63, 3.8) is 0 Å². The van der Waals surface area contributed by atoms with Crippen molar-refractivity contribution < 1.29 is 19.4 Å². The van der Waals surface area contributed by atoms with Gasteiger partial charge < -0.3 is 15.2 Å². The Hall–Kier alpha value is -3.71. The van der Waals surface area contributed by atoms with Crippen molar-refractivity contribution in [1.29, 1.82) is 0 Å². The third-order valence-electron chi connectivity index (χ3n) is 9.48. The molecule has 0 radical (unpaired) electrons. The summed E-state index contributed by atoms with van der Waals surface area (Å²) in [6, 6.07) is 19.0. The number of hydrogen-bond acceptors (Lipinski definition) is 5. The van der Waals surface area contributed by atoms with Crippen LogP contribution in [0.25, 0.3) is 10.8 Å². The zero-order valence-electron chi connectivity index (χ0n) is 26.6. The number of benzene rings is 2. The summed E-state index contributed by atoms with van der Waals surface area (Å²) in [6.07, 6.45) is 10.7. The van der Waals surface area contributed by atoms with E-state index in [0.29, 0.717) is 11.8 Å². The Bertz CT molecular complexity index is 1660. The molecule has 0 spiro atoms. The number of rotatable bonds is 10. The number of thiophene rings is 1. The van der Waals surface area contributed by atoms with Crippen molar-refractivity contribution in [2.45, 2.75) is 102 Å². The molecule has 2 aromatic heterocycles. The second kappa shape index (κ2) is 13.3. The highest BCUT2D eigenvalue weighted by molar-refractivity contribution is 7.12. The monoisotopic (exact) mass is 624 g/mol. The third-order valence-corrected chi connectivity index (χ3v) is 10.7. The molecule has 1 atom stereocenters. The van der Waals surface area contributed by atoms with Crippen LogP contribution in [-0.2, 0) is 23.1 Å². The minimum atomic E-state index is -1.04. The smallest absolute Gasteiger partial charge is 0.326 e. The summed E-state index contributed by atoms with van der Waals surface area (Å²) in [5.41, 5.74) is 2.44. The molecule has 2 aromatic carbocycles. The molecule has 4 aromatic rings. The number of carboxylic acid groups (broad SMARTS) is 1. The zero-order valence-corrected chi connectivity index (χ0v) is 27.4. The molecule has 2 aliphatic carbocycles. The van der Waals surface area contributed by atoms with Crippen LogP contribution in [0.1, 0.15) is 110 Å². The number of nitrogens with one attached hydrogen (secondary N) is 1. The van der Waals surface area contributed by atoms with Crippen molar-refractivity contribution in [1.82, 2.24) is 10.3 Å². The standard InChI is InChI=1S/C38H44N2O4S/c1-38(2,3)27-13-16-28(17-14-27)44-29-15-12-26-21-33(39-32(31(26)22-29)20-24-8-4-5-9-24)36(41)40-34(37(42)43)23-30-18-19-35(45-30)25-10-6-7-11-25/h12-19,21-22,24-25,34H,4-11,20,23H2,1-3H3,(H,40,41)(H,42,43). The Morgan fingerprint density at radius 3 is 2.31 bits per heavy atom. The molecule has 45 heavy (non-hydrogen) atoms. The predicted molar refractivity (Wildman–Crippen MR) is 181 cm³/mol. The highest BCUT2D eigenvalue weighted by atomic mass is 32.1. The molecule has 0 saturated heterocycles. The van der Waals surface area contributed by atoms with Crippen LogP contribution < -0.4 is 10.1 Å². The van der Waals surface area contributed by atoms with Gasteiger partial charge in [-0.3, -0.25) is 4.79 Å². The van der Waals surface area contributed by atoms with E-state index in [0.717, 1.165) is 52.1 Å². The molecule has 2 heterocycles. The van der Waals surface area contributed by atoms with Gasteiger partial charge in [-0.25, -0.2) is 9.78 Å². The van der Waals surface area contributed by atoms with Crippen LogP contribution in [0.2, 0.25) is 0 Å². The van der Waals surface area contributed by atoms with Gasteiger partial charge in [0.15, 0.2) is 0 Å². The van der Waals surface area contributed by atoms with Gasteiger partial charge >= 0.3 is 5.97 Å². The topological polar surface area (TPSA) is 88.5 Å². The number of carbonyl (C=O) groups is 2. The molecule has 1 unspecified atom stereocenters. The lowest BCUT2D eigenvalue weighted by atomic mass is 9.87. The second-order valence-corrected chi connectivity index (χ2v) is 15.1. The number of fused-ring (bicyclic) bond motifs is 1. The van der Waals surface area contributed by atoms with Crippen LogP contribution in [-0.4, -0.2) is 28.0 Å². The third kappa shape index (κ3) is 7.58. The summed E-state index contributed by atoms with van der Waals surface area (Å²) in [5.74, 6) is 1.10. The Kier molecular flexibility index (Phi) is 9.27. The summed E-state index contributed by atoms with van der Waals surface area (Å²) in [7, 11) is 0. The van der Waals surface area contributed by atoms with E-state index < -0.39 is 17.9 Å². The van der Waals surface area contributed by atoms with Gasteiger partial charge in [-0.1, -0.05) is 77.5 Å². The lowest BCUT2D eigenvalue weighted by Crippen LogP contribution is -2.42. The molecule has 6 rings (SSSR count). The van der Waals surface area contributed by atoms with E-state index in [2.05, 4.69) is 44.3 Å². The molecule has 2 aliphatic rings. The Morgan fingerprint density at radius 2 is 1.62 bits per heavy atom. The first-order valence-corrected chi connectivity index (χ1v) is 17.3. The number of carboxylic acids is 1. The Balaban J connectivity index is 1.23. The van der Waals surface area contributed by atoms with Crippen molar-refractivity contribution >= 4 is 34.0 Å². The highest BCUT2D eigenvalue weighted by Gasteiger charge is 2.26. The van der Waals surface area contributed by atoms with Gasteiger partial charge in [-0.05, 0) is 89.9 Å². The van der Waals surface area contributed by atoms with Crippen LogP contribution in [0, 0.1) is 5.92 Å². The molecule has 2 fully saturated rings. The minimum absolute atomic E-state index is 0.0687. The van der Waals surface area contributed by atoms with E-state index in [9.17, 15) is 14.7 Å². The minimum Gasteiger partial charge on any atom is -0.480 e. The number of hydrogen-bond donors (Lipinski definition) is 2. The SMILES string of the molecule is CC(C)(C)c1ccc(Oc2ccc3cc(C(=O)NC(Cc4ccc(C5CCCC5)s4)C(=O)O)nc(CC4CCCC4)c3c2)cc1. The summed E-state index contributed by atoms with van der Waals surface area (Å²) in [4.78, 5) is 33.0. The summed E-state index contributed by atoms with van der Waals surface area (Å²) >= 11 is 1.68. The van der Waals surface area contributed by atoms with Crippen molar-refractivity contribution in [2.75, 3.05) is 0 Å². The summed E-state index contributed by atoms with van der Waals surface area (Å²) < 4.78 is 6.26. The van der Waals surface area contributed by atoms with Crippen molar-refractivity contribution in [3.8, 4) is 11.5 Å². The maximum absolute atomic E-state index is 13.5. The number of amides is 1. The fourth-order valence-corrected chi connectivity index (χ4v) is 8.07. The maximum atomic E-state index is 13.5. The first-order valence-electron chi connectivity index (χ1n) is 16.5. The van der Waals surface area contributed by atoms with Crippen LogP contribution in [0.15, 0.2) is 60.7 Å². The normalized spacial score (nSPS) is 16.7. The fraction of sp³-hybridized carbons (Fsp3) is 0.447. The van der Waals surface area contributed by atoms with E-state index in [1.54, 1.807) is 17.4 Å². The Morgan fingerprint density at radius 1 is 0.933 bits per heavy atom. The van der Waals surface area contributed by atoms with Gasteiger partial charge in [0.25, 0.3) is 5.91 Å². The van der Waals surface area contributed by atoms with E-state index in [1.807, 2.05) is 36.4 Å². The number of aromatic nitrogens is 1. The number of ether oxygens (including phenoxy) is 1. The molecule has 2 saturated carbocycles. The number of pyridine rings is 1. The van der Waals surface area contributed by atoms with Crippen LogP contribution in [0.4, 0.5) is 0 Å². The zero-order chi connectivity index (χ0) is 31.6. The van der Waals surface area contributed by atoms with Gasteiger partial charge in [0.05, 0.1) is 0 Å². The molecule has 0 bridgehead atoms. The van der Waals surface area contributed by atoms with E-state index in [1.165, 1.54) is 49.0 Å².